The molecule has 2 aliphatic carbocycles. The number of hydrogen-bond acceptors (Lipinski definition) is 1. The standard InChI is InChI=1S/C16H20Br2O/c1-19-15-5-4-14(18)7-12(15)9-16(10-17)8-11-2-3-13(16)6-11/h4-5,7,11,13H,2-3,6,8-10H2,1H3. The van der Waals surface area contributed by atoms with Gasteiger partial charge in [0.1, 0.15) is 5.75 Å². The molecular weight excluding hydrogens is 368 g/mol. The number of benzene rings is 1. The van der Waals surface area contributed by atoms with E-state index in [0.717, 1.165) is 33.8 Å². The number of ether oxygens (including phenoxy) is 1. The summed E-state index contributed by atoms with van der Waals surface area (Å²) >= 11 is 7.39. The van der Waals surface area contributed by atoms with Gasteiger partial charge in [0.25, 0.3) is 0 Å². The second-order valence-corrected chi connectivity index (χ2v) is 7.69. The van der Waals surface area contributed by atoms with Gasteiger partial charge in [-0.15, -0.1) is 0 Å². The Morgan fingerprint density at radius 3 is 2.79 bits per heavy atom. The molecule has 104 valence electrons. The van der Waals surface area contributed by atoms with E-state index in [0.29, 0.717) is 5.41 Å². The molecule has 0 spiro atoms. The van der Waals surface area contributed by atoms with Crippen LogP contribution in [-0.2, 0) is 6.42 Å². The molecule has 1 aromatic rings. The van der Waals surface area contributed by atoms with Gasteiger partial charge >= 0.3 is 0 Å². The number of hydrogen-bond donors (Lipinski definition) is 0. The molecule has 2 fully saturated rings. The number of alkyl halides is 1. The molecule has 0 aromatic heterocycles. The molecule has 0 saturated heterocycles. The minimum absolute atomic E-state index is 0.455. The molecule has 1 nitrogen and oxygen atoms in total. The van der Waals surface area contributed by atoms with Crippen LogP contribution in [0.25, 0.3) is 0 Å². The van der Waals surface area contributed by atoms with Gasteiger partial charge in [0, 0.05) is 9.80 Å². The van der Waals surface area contributed by atoms with E-state index in [2.05, 4.69) is 50.1 Å². The van der Waals surface area contributed by atoms with Crippen molar-refractivity contribution in [1.82, 2.24) is 0 Å². The predicted molar refractivity (Wildman–Crippen MR) is 86.1 cm³/mol. The van der Waals surface area contributed by atoms with E-state index >= 15 is 0 Å². The lowest BCUT2D eigenvalue weighted by atomic mass is 9.71. The minimum Gasteiger partial charge on any atom is -0.496 e. The molecule has 0 N–H and O–H groups in total. The van der Waals surface area contributed by atoms with Crippen LogP contribution < -0.4 is 4.74 Å². The van der Waals surface area contributed by atoms with Gasteiger partial charge in [0.2, 0.25) is 0 Å². The molecule has 3 heteroatoms. The fraction of sp³-hybridized carbons (Fsp3) is 0.625. The van der Waals surface area contributed by atoms with Gasteiger partial charge in [-0.05, 0) is 66.7 Å². The van der Waals surface area contributed by atoms with E-state index in [1.807, 2.05) is 0 Å². The first-order valence-electron chi connectivity index (χ1n) is 7.05. The van der Waals surface area contributed by atoms with Gasteiger partial charge in [-0.1, -0.05) is 38.3 Å². The maximum atomic E-state index is 5.54. The summed E-state index contributed by atoms with van der Waals surface area (Å²) in [5, 5.41) is 1.12. The zero-order valence-electron chi connectivity index (χ0n) is 11.3. The average molecular weight is 388 g/mol. The summed E-state index contributed by atoms with van der Waals surface area (Å²) in [6.45, 7) is 0. The van der Waals surface area contributed by atoms with Gasteiger partial charge in [0.15, 0.2) is 0 Å². The summed E-state index contributed by atoms with van der Waals surface area (Å²) in [4.78, 5) is 0. The third kappa shape index (κ3) is 2.49. The highest BCUT2D eigenvalue weighted by atomic mass is 79.9. The van der Waals surface area contributed by atoms with Gasteiger partial charge in [0.05, 0.1) is 7.11 Å². The highest BCUT2D eigenvalue weighted by molar-refractivity contribution is 9.10. The quantitative estimate of drug-likeness (QED) is 0.645. The molecule has 0 radical (unpaired) electrons. The van der Waals surface area contributed by atoms with Crippen molar-refractivity contribution in [2.24, 2.45) is 17.3 Å². The fourth-order valence-corrected chi connectivity index (χ4v) is 5.54. The monoisotopic (exact) mass is 386 g/mol. The predicted octanol–water partition coefficient (Wildman–Crippen LogP) is 5.20. The van der Waals surface area contributed by atoms with E-state index in [1.54, 1.807) is 7.11 Å². The summed E-state index contributed by atoms with van der Waals surface area (Å²) in [7, 11) is 1.77. The van der Waals surface area contributed by atoms with Crippen LogP contribution in [-0.4, -0.2) is 12.4 Å². The van der Waals surface area contributed by atoms with Gasteiger partial charge in [-0.2, -0.15) is 0 Å². The van der Waals surface area contributed by atoms with Crippen LogP contribution >= 0.6 is 31.9 Å². The SMILES string of the molecule is COc1ccc(Br)cc1CC1(CBr)CC2CCC1C2. The molecule has 0 aliphatic heterocycles. The Hall–Kier alpha value is -0.0200. The maximum absolute atomic E-state index is 5.54. The Kier molecular flexibility index (Phi) is 3.96. The van der Waals surface area contributed by atoms with Crippen LogP contribution in [0.15, 0.2) is 22.7 Å². The molecule has 0 heterocycles. The highest BCUT2D eigenvalue weighted by Crippen LogP contribution is 2.58. The van der Waals surface area contributed by atoms with Gasteiger partial charge in [-0.3, -0.25) is 0 Å². The van der Waals surface area contributed by atoms with Crippen LogP contribution in [0.1, 0.15) is 31.2 Å². The Labute approximate surface area is 132 Å². The molecule has 2 aliphatic rings. The summed E-state index contributed by atoms with van der Waals surface area (Å²) in [6.07, 6.45) is 6.85. The first kappa shape index (κ1) is 13.9. The lowest BCUT2D eigenvalue weighted by Crippen LogP contribution is -2.32. The van der Waals surface area contributed by atoms with Crippen molar-refractivity contribution in [3.05, 3.63) is 28.2 Å². The molecule has 2 saturated carbocycles. The third-order valence-corrected chi connectivity index (χ3v) is 6.76. The third-order valence-electron chi connectivity index (χ3n) is 5.15. The summed E-state index contributed by atoms with van der Waals surface area (Å²) in [6, 6.07) is 6.37. The van der Waals surface area contributed by atoms with Gasteiger partial charge in [-0.25, -0.2) is 0 Å². The van der Waals surface area contributed by atoms with E-state index < -0.39 is 0 Å². The summed E-state index contributed by atoms with van der Waals surface area (Å²) in [5.41, 5.74) is 1.81. The Bertz CT molecular complexity index is 474. The van der Waals surface area contributed by atoms with Crippen LogP contribution in [0.5, 0.6) is 5.75 Å². The molecule has 3 unspecified atom stereocenters. The molecule has 3 rings (SSSR count). The molecule has 19 heavy (non-hydrogen) atoms. The van der Waals surface area contributed by atoms with Crippen LogP contribution in [0.3, 0.4) is 0 Å². The molecule has 3 atom stereocenters. The highest BCUT2D eigenvalue weighted by Gasteiger charge is 2.50. The molecule has 0 amide bonds. The zero-order chi connectivity index (χ0) is 13.5. The van der Waals surface area contributed by atoms with E-state index in [-0.39, 0.29) is 0 Å². The summed E-state index contributed by atoms with van der Waals surface area (Å²) in [5.74, 6) is 2.91. The Morgan fingerprint density at radius 2 is 2.21 bits per heavy atom. The average Bonchev–Trinajstić information content (AvgIpc) is 3.00. The van der Waals surface area contributed by atoms with Crippen LogP contribution in [0, 0.1) is 17.3 Å². The van der Waals surface area contributed by atoms with E-state index in [9.17, 15) is 0 Å². The van der Waals surface area contributed by atoms with Crippen LogP contribution in [0.4, 0.5) is 0 Å². The molecule has 1 aromatic carbocycles. The number of fused-ring (bicyclic) bond motifs is 2. The van der Waals surface area contributed by atoms with Crippen molar-refractivity contribution in [2.75, 3.05) is 12.4 Å². The molecule has 2 bridgehead atoms. The largest absolute Gasteiger partial charge is 0.496 e. The van der Waals surface area contributed by atoms with Gasteiger partial charge < -0.3 is 4.74 Å². The van der Waals surface area contributed by atoms with E-state index in [4.69, 9.17) is 4.74 Å². The normalized spacial score (nSPS) is 32.8. The van der Waals surface area contributed by atoms with Crippen molar-refractivity contribution >= 4 is 31.9 Å². The topological polar surface area (TPSA) is 9.23 Å². The van der Waals surface area contributed by atoms with Crippen molar-refractivity contribution in [2.45, 2.75) is 32.1 Å². The fourth-order valence-electron chi connectivity index (χ4n) is 4.25. The first-order chi connectivity index (χ1) is 9.16. The number of rotatable bonds is 4. The van der Waals surface area contributed by atoms with Crippen molar-refractivity contribution < 1.29 is 4.74 Å². The Morgan fingerprint density at radius 1 is 1.37 bits per heavy atom. The lowest BCUT2D eigenvalue weighted by molar-refractivity contribution is 0.195. The number of halogens is 2. The van der Waals surface area contributed by atoms with Crippen molar-refractivity contribution in [1.29, 1.82) is 0 Å². The smallest absolute Gasteiger partial charge is 0.122 e. The zero-order valence-corrected chi connectivity index (χ0v) is 14.5. The molecular formula is C16H20Br2O. The number of methoxy groups -OCH3 is 1. The first-order valence-corrected chi connectivity index (χ1v) is 8.97. The second kappa shape index (κ2) is 5.40. The minimum atomic E-state index is 0.455. The van der Waals surface area contributed by atoms with E-state index in [1.165, 1.54) is 31.2 Å². The summed E-state index contributed by atoms with van der Waals surface area (Å²) < 4.78 is 6.69. The van der Waals surface area contributed by atoms with Crippen molar-refractivity contribution in [3.63, 3.8) is 0 Å². The second-order valence-electron chi connectivity index (χ2n) is 6.21. The Balaban J connectivity index is 1.89. The maximum Gasteiger partial charge on any atom is 0.122 e. The lowest BCUT2D eigenvalue weighted by Gasteiger charge is -2.37. The van der Waals surface area contributed by atoms with Crippen molar-refractivity contribution in [3.8, 4) is 5.75 Å². The van der Waals surface area contributed by atoms with Crippen LogP contribution in [0.2, 0.25) is 0 Å².